The Labute approximate surface area is 436 Å². The van der Waals surface area contributed by atoms with Gasteiger partial charge in [-0.05, 0) is 38.5 Å². The van der Waals surface area contributed by atoms with Crippen LogP contribution < -0.4 is 0 Å². The van der Waals surface area contributed by atoms with Crippen molar-refractivity contribution in [1.29, 1.82) is 0 Å². The fraction of sp³-hybridized carbons (Fsp3) is 0.981. The van der Waals surface area contributed by atoms with Crippen LogP contribution in [0.25, 0.3) is 0 Å². The van der Waals surface area contributed by atoms with Crippen LogP contribution in [-0.4, -0.2) is 219 Å². The second-order valence-corrected chi connectivity index (χ2v) is 17.3. The van der Waals surface area contributed by atoms with Gasteiger partial charge in [0.05, 0.1) is 159 Å². The summed E-state index contributed by atoms with van der Waals surface area (Å²) in [5.41, 5.74) is 0. The maximum atomic E-state index is 13.8. The second-order valence-electron chi connectivity index (χ2n) is 17.3. The lowest BCUT2D eigenvalue weighted by Crippen LogP contribution is -2.42. The van der Waals surface area contributed by atoms with Gasteiger partial charge in [-0.3, -0.25) is 4.79 Å². The van der Waals surface area contributed by atoms with Crippen LogP contribution in [0.2, 0.25) is 0 Å². The molecule has 0 heterocycles. The van der Waals surface area contributed by atoms with E-state index in [9.17, 15) is 4.79 Å². The quantitative estimate of drug-likeness (QED) is 0.0432. The molecule has 0 fully saturated rings. The first-order valence-electron chi connectivity index (χ1n) is 27.1. The number of hydrogen-bond acceptors (Lipinski definition) is 19. The van der Waals surface area contributed by atoms with E-state index in [1.165, 1.54) is 0 Å². The maximum absolute atomic E-state index is 13.8. The molecule has 2 atom stereocenters. The van der Waals surface area contributed by atoms with E-state index in [1.54, 1.807) is 42.7 Å². The Balaban J connectivity index is 5.17. The topological polar surface area (TPSA) is 183 Å². The molecule has 0 aromatic rings. The summed E-state index contributed by atoms with van der Waals surface area (Å²) in [4.78, 5) is 13.8. The lowest BCUT2D eigenvalue weighted by molar-refractivity contribution is -0.388. The van der Waals surface area contributed by atoms with Gasteiger partial charge in [-0.25, -0.2) is 0 Å². The average molecular weight is 1050 g/mol. The van der Waals surface area contributed by atoms with Crippen molar-refractivity contribution in [1.82, 2.24) is 0 Å². The van der Waals surface area contributed by atoms with E-state index in [-0.39, 0.29) is 11.8 Å². The van der Waals surface area contributed by atoms with Crippen molar-refractivity contribution >= 4 is 5.78 Å². The number of unbranched alkanes of at least 4 members (excludes halogenated alkanes) is 8. The molecule has 0 aliphatic heterocycles. The molecule has 0 aromatic carbocycles. The predicted octanol–water partition coefficient (Wildman–Crippen LogP) is 7.45. The number of ketones is 1. The molecule has 0 N–H and O–H groups in total. The van der Waals surface area contributed by atoms with Crippen LogP contribution in [0.5, 0.6) is 0 Å². The molecule has 0 aliphatic rings. The molecule has 0 saturated carbocycles. The summed E-state index contributed by atoms with van der Waals surface area (Å²) in [7, 11) is 9.86. The Kier molecular flexibility index (Phi) is 53.9. The van der Waals surface area contributed by atoms with Gasteiger partial charge in [0.2, 0.25) is 0 Å². The average Bonchev–Trinajstić information content (AvgIpc) is 3.39. The summed E-state index contributed by atoms with van der Waals surface area (Å²) in [6.45, 7) is 14.2. The van der Waals surface area contributed by atoms with Crippen molar-refractivity contribution in [2.75, 3.05) is 201 Å². The fourth-order valence-corrected chi connectivity index (χ4v) is 7.64. The van der Waals surface area contributed by atoms with Gasteiger partial charge < -0.3 is 85.3 Å². The van der Waals surface area contributed by atoms with E-state index in [1.807, 2.05) is 0 Å². The molecular weight excluding hydrogens is 941 g/mol. The molecule has 0 rings (SSSR count). The smallest absolute Gasteiger partial charge is 0.283 e. The van der Waals surface area contributed by atoms with Crippen LogP contribution in [0, 0.1) is 11.8 Å². The van der Waals surface area contributed by atoms with E-state index < -0.39 is 11.9 Å². The minimum atomic E-state index is -1.26. The highest BCUT2D eigenvalue weighted by molar-refractivity contribution is 5.83. The zero-order chi connectivity index (χ0) is 52.7. The number of carbonyl (C=O) groups is 1. The molecule has 0 aromatic heterocycles. The number of ether oxygens (including phenoxy) is 18. The van der Waals surface area contributed by atoms with E-state index in [4.69, 9.17) is 85.3 Å². The molecule has 0 saturated heterocycles. The van der Waals surface area contributed by atoms with Gasteiger partial charge in [0.1, 0.15) is 5.78 Å². The van der Waals surface area contributed by atoms with Crippen molar-refractivity contribution in [3.63, 3.8) is 0 Å². The molecule has 2 unspecified atom stereocenters. The van der Waals surface area contributed by atoms with Crippen LogP contribution in [-0.2, 0) is 90.1 Å². The third kappa shape index (κ3) is 42.1. The molecule has 0 radical (unpaired) electrons. The van der Waals surface area contributed by atoms with Gasteiger partial charge in [0, 0.05) is 67.3 Å². The number of Topliss-reactive ketones (excluding diaryl/α,β-unsaturated/α-hetero) is 1. The van der Waals surface area contributed by atoms with E-state index in [0.29, 0.717) is 177 Å². The van der Waals surface area contributed by atoms with Crippen LogP contribution in [0.3, 0.4) is 0 Å². The van der Waals surface area contributed by atoms with Gasteiger partial charge in [-0.2, -0.15) is 0 Å². The van der Waals surface area contributed by atoms with Gasteiger partial charge >= 0.3 is 0 Å². The zero-order valence-electron chi connectivity index (χ0n) is 46.7. The van der Waals surface area contributed by atoms with Gasteiger partial charge in [-0.15, -0.1) is 0 Å². The van der Waals surface area contributed by atoms with Crippen molar-refractivity contribution in [3.05, 3.63) is 0 Å². The minimum absolute atomic E-state index is 0.0929. The van der Waals surface area contributed by atoms with Gasteiger partial charge in [0.15, 0.2) is 0 Å². The summed E-state index contributed by atoms with van der Waals surface area (Å²) in [6, 6.07) is 0. The highest BCUT2D eigenvalue weighted by atomic mass is 16.9. The van der Waals surface area contributed by atoms with Crippen LogP contribution >= 0.6 is 0 Å². The Bertz CT molecular complexity index is 933. The summed E-state index contributed by atoms with van der Waals surface area (Å²) in [5.74, 6) is -1.91. The van der Waals surface area contributed by atoms with Crippen molar-refractivity contribution in [2.45, 2.75) is 129 Å². The molecular formula is C53H106O19. The highest BCUT2D eigenvalue weighted by Gasteiger charge is 2.35. The summed E-state index contributed by atoms with van der Waals surface area (Å²) in [6.07, 6.45) is 14.5. The normalized spacial score (nSPS) is 13.1. The molecule has 0 spiro atoms. The monoisotopic (exact) mass is 1050 g/mol. The summed E-state index contributed by atoms with van der Waals surface area (Å²) >= 11 is 0. The number of methoxy groups -OCH3 is 6. The van der Waals surface area contributed by atoms with Crippen molar-refractivity contribution in [3.8, 4) is 0 Å². The molecule has 19 heteroatoms. The van der Waals surface area contributed by atoms with Gasteiger partial charge in [0.25, 0.3) is 11.9 Å². The fourth-order valence-electron chi connectivity index (χ4n) is 7.64. The Morgan fingerprint density at radius 2 is 0.500 bits per heavy atom. The Morgan fingerprint density at radius 3 is 0.722 bits per heavy atom. The first kappa shape index (κ1) is 71.0. The lowest BCUT2D eigenvalue weighted by atomic mass is 9.83. The predicted molar refractivity (Wildman–Crippen MR) is 275 cm³/mol. The standard InChI is InChI=1S/C53H106O19/c1-9-49(21-17-13-11-15-19-23-52(67-43-37-61-31-25-55-3,68-44-38-62-32-26-56-4)69-45-39-63-33-27-57-5)51(54)50(10-2)22-18-14-12-16-20-24-53(70-46-40-64-34-28-58-6,71-47-41-65-35-29-59-7)72-48-42-66-36-30-60-8/h49-50H,9-48H2,1-8H3. The largest absolute Gasteiger partial charge is 0.382 e. The van der Waals surface area contributed by atoms with Crippen molar-refractivity contribution in [2.24, 2.45) is 11.8 Å². The first-order chi connectivity index (χ1) is 35.4. The lowest BCUT2D eigenvalue weighted by Gasteiger charge is -2.33. The summed E-state index contributed by atoms with van der Waals surface area (Å²) in [5, 5.41) is 0. The SMILES string of the molecule is CCC(CCCCCCCC(OCCOCCOC)(OCCOCCOC)OCCOCCOC)C(=O)C(CC)CCCCCCCC(OCCOCCOC)(OCCOCCOC)OCCOCCOC. The van der Waals surface area contributed by atoms with Gasteiger partial charge in [-0.1, -0.05) is 65.2 Å². The molecule has 0 amide bonds. The second kappa shape index (κ2) is 54.7. The van der Waals surface area contributed by atoms with E-state index in [0.717, 1.165) is 89.9 Å². The maximum Gasteiger partial charge on any atom is 0.283 e. The molecule has 0 bridgehead atoms. The Hall–Kier alpha value is -1.05. The zero-order valence-corrected chi connectivity index (χ0v) is 46.7. The van der Waals surface area contributed by atoms with Crippen LogP contribution in [0.15, 0.2) is 0 Å². The molecule has 432 valence electrons. The highest BCUT2D eigenvalue weighted by Crippen LogP contribution is 2.28. The third-order valence-electron chi connectivity index (χ3n) is 11.8. The number of rotatable bonds is 62. The van der Waals surface area contributed by atoms with E-state index >= 15 is 0 Å². The molecule has 19 nitrogen and oxygen atoms in total. The minimum Gasteiger partial charge on any atom is -0.382 e. The molecule has 0 aliphatic carbocycles. The van der Waals surface area contributed by atoms with Crippen LogP contribution in [0.4, 0.5) is 0 Å². The van der Waals surface area contributed by atoms with Crippen molar-refractivity contribution < 1.29 is 90.1 Å². The summed E-state index contributed by atoms with van der Waals surface area (Å²) < 4.78 is 102. The first-order valence-corrected chi connectivity index (χ1v) is 27.1. The third-order valence-corrected chi connectivity index (χ3v) is 11.8. The molecule has 72 heavy (non-hydrogen) atoms. The van der Waals surface area contributed by atoms with E-state index in [2.05, 4.69) is 13.8 Å². The van der Waals surface area contributed by atoms with Crippen LogP contribution in [0.1, 0.15) is 117 Å². The number of hydrogen-bond donors (Lipinski definition) is 0. The Morgan fingerprint density at radius 1 is 0.292 bits per heavy atom. The number of carbonyl (C=O) groups excluding carboxylic acids is 1.